The van der Waals surface area contributed by atoms with Crippen LogP contribution in [0.25, 0.3) is 5.69 Å². The van der Waals surface area contributed by atoms with E-state index < -0.39 is 17.3 Å². The fourth-order valence-electron chi connectivity index (χ4n) is 3.28. The zero-order valence-corrected chi connectivity index (χ0v) is 14.9. The average molecular weight is 373 g/mol. The Morgan fingerprint density at radius 3 is 2.59 bits per heavy atom. The van der Waals surface area contributed by atoms with Crippen LogP contribution in [0.3, 0.4) is 0 Å². The Morgan fingerprint density at radius 1 is 1.26 bits per heavy atom. The number of carbonyl (C=O) groups is 2. The summed E-state index contributed by atoms with van der Waals surface area (Å²) < 4.78 is 14.5. The molecule has 1 aromatic carbocycles. The van der Waals surface area contributed by atoms with Gasteiger partial charge >= 0.3 is 0 Å². The molecule has 1 aromatic heterocycles. The van der Waals surface area contributed by atoms with Gasteiger partial charge in [-0.1, -0.05) is 0 Å². The number of aliphatic hydroxyl groups is 1. The van der Waals surface area contributed by atoms with Crippen molar-refractivity contribution in [2.45, 2.75) is 19.4 Å². The van der Waals surface area contributed by atoms with Gasteiger partial charge in [-0.05, 0) is 41.8 Å². The van der Waals surface area contributed by atoms with Crippen LogP contribution in [0, 0.1) is 5.82 Å². The van der Waals surface area contributed by atoms with Gasteiger partial charge in [0.15, 0.2) is 0 Å². The molecule has 0 unspecified atom stereocenters. The van der Waals surface area contributed by atoms with E-state index in [1.54, 1.807) is 11.1 Å². The topological polar surface area (TPSA) is 91.6 Å². The normalized spacial score (nSPS) is 13.2. The maximum absolute atomic E-state index is 13.2. The molecule has 2 N–H and O–H groups in total. The average Bonchev–Trinajstić information content (AvgIpc) is 2.67. The summed E-state index contributed by atoms with van der Waals surface area (Å²) >= 11 is 0. The maximum Gasteiger partial charge on any atom is 0.268 e. The van der Waals surface area contributed by atoms with Crippen molar-refractivity contribution >= 4 is 11.8 Å². The molecular formula is C19H20FN3O4. The first-order chi connectivity index (χ1) is 13.0. The summed E-state index contributed by atoms with van der Waals surface area (Å²) in [7, 11) is 1.45. The minimum atomic E-state index is -0.497. The highest BCUT2D eigenvalue weighted by molar-refractivity contribution is 5.95. The van der Waals surface area contributed by atoms with Gasteiger partial charge in [-0.2, -0.15) is 0 Å². The maximum atomic E-state index is 13.2. The van der Waals surface area contributed by atoms with E-state index >= 15 is 0 Å². The van der Waals surface area contributed by atoms with Gasteiger partial charge in [0.2, 0.25) is 5.91 Å². The fraction of sp³-hybridized carbons (Fsp3) is 0.316. The third-order valence-electron chi connectivity index (χ3n) is 4.64. The predicted molar refractivity (Wildman–Crippen MR) is 96.2 cm³/mol. The number of nitrogens with zero attached hydrogens (tertiary/aromatic N) is 2. The van der Waals surface area contributed by atoms with Crippen molar-refractivity contribution in [2.24, 2.45) is 0 Å². The Labute approximate surface area is 155 Å². The largest absolute Gasteiger partial charge is 0.396 e. The Kier molecular flexibility index (Phi) is 5.36. The lowest BCUT2D eigenvalue weighted by Gasteiger charge is -2.30. The molecule has 27 heavy (non-hydrogen) atoms. The zero-order chi connectivity index (χ0) is 19.6. The number of aromatic nitrogens is 1. The van der Waals surface area contributed by atoms with Crippen LogP contribution in [0.15, 0.2) is 35.3 Å². The van der Waals surface area contributed by atoms with Gasteiger partial charge in [-0.15, -0.1) is 0 Å². The number of pyridine rings is 1. The summed E-state index contributed by atoms with van der Waals surface area (Å²) in [6.07, 6.45) is 1.99. The molecule has 0 bridgehead atoms. The van der Waals surface area contributed by atoms with Crippen LogP contribution in [0.1, 0.15) is 27.9 Å². The molecule has 0 saturated carbocycles. The lowest BCUT2D eigenvalue weighted by atomic mass is 9.95. The Bertz CT molecular complexity index is 937. The smallest absolute Gasteiger partial charge is 0.268 e. The van der Waals surface area contributed by atoms with Crippen molar-refractivity contribution in [3.8, 4) is 5.69 Å². The molecule has 2 amide bonds. The lowest BCUT2D eigenvalue weighted by molar-refractivity contribution is -0.132. The third-order valence-corrected chi connectivity index (χ3v) is 4.64. The van der Waals surface area contributed by atoms with E-state index in [1.165, 1.54) is 35.9 Å². The second-order valence-corrected chi connectivity index (χ2v) is 6.28. The molecule has 1 aliphatic rings. The summed E-state index contributed by atoms with van der Waals surface area (Å²) in [6.45, 7) is 0.371. The van der Waals surface area contributed by atoms with E-state index in [9.17, 15) is 18.8 Å². The zero-order valence-electron chi connectivity index (χ0n) is 14.9. The SMILES string of the molecule is CNC(=O)c1c2c(cn(-c3ccc(F)cc3)c1=O)CN(C(=O)CCO)CC2. The molecule has 0 spiro atoms. The third kappa shape index (κ3) is 3.61. The highest BCUT2D eigenvalue weighted by Crippen LogP contribution is 2.22. The predicted octanol–water partition coefficient (Wildman–Crippen LogP) is 0.603. The molecule has 3 rings (SSSR count). The van der Waals surface area contributed by atoms with E-state index in [2.05, 4.69) is 5.32 Å². The summed E-state index contributed by atoms with van der Waals surface area (Å²) in [5, 5.41) is 11.5. The van der Waals surface area contributed by atoms with Crippen LogP contribution >= 0.6 is 0 Å². The van der Waals surface area contributed by atoms with Gasteiger partial charge in [0.05, 0.1) is 6.61 Å². The lowest BCUT2D eigenvalue weighted by Crippen LogP contribution is -2.40. The summed E-state index contributed by atoms with van der Waals surface area (Å²) in [5.41, 5.74) is 1.26. The van der Waals surface area contributed by atoms with Crippen molar-refractivity contribution in [3.63, 3.8) is 0 Å². The van der Waals surface area contributed by atoms with E-state index in [4.69, 9.17) is 5.11 Å². The van der Waals surface area contributed by atoms with Gasteiger partial charge in [0.25, 0.3) is 11.5 Å². The second-order valence-electron chi connectivity index (χ2n) is 6.28. The van der Waals surface area contributed by atoms with Crippen LogP contribution in [-0.4, -0.2) is 46.6 Å². The number of halogens is 1. The van der Waals surface area contributed by atoms with Crippen LogP contribution in [0.5, 0.6) is 0 Å². The van der Waals surface area contributed by atoms with Crippen LogP contribution in [-0.2, 0) is 17.8 Å². The second kappa shape index (κ2) is 7.71. The molecule has 0 aliphatic carbocycles. The number of nitrogens with one attached hydrogen (secondary N) is 1. The molecule has 142 valence electrons. The van der Waals surface area contributed by atoms with E-state index in [-0.39, 0.29) is 31.0 Å². The molecule has 7 nitrogen and oxygen atoms in total. The Balaban J connectivity index is 2.13. The Hall–Kier alpha value is -3.00. The summed E-state index contributed by atoms with van der Waals surface area (Å²) in [6, 6.07) is 5.37. The van der Waals surface area contributed by atoms with Gasteiger partial charge in [0, 0.05) is 38.4 Å². The van der Waals surface area contributed by atoms with Crippen molar-refractivity contribution in [2.75, 3.05) is 20.2 Å². The molecule has 8 heteroatoms. The number of amides is 2. The highest BCUT2D eigenvalue weighted by atomic mass is 19.1. The van der Waals surface area contributed by atoms with E-state index in [0.29, 0.717) is 29.8 Å². The number of fused-ring (bicyclic) bond motifs is 1. The van der Waals surface area contributed by atoms with Crippen LogP contribution in [0.2, 0.25) is 0 Å². The van der Waals surface area contributed by atoms with Crippen LogP contribution in [0.4, 0.5) is 4.39 Å². The number of hydrogen-bond donors (Lipinski definition) is 2. The van der Waals surface area contributed by atoms with Crippen molar-refractivity contribution in [3.05, 3.63) is 63.3 Å². The van der Waals surface area contributed by atoms with Gasteiger partial charge in [-0.3, -0.25) is 19.0 Å². The fourth-order valence-corrected chi connectivity index (χ4v) is 3.28. The van der Waals surface area contributed by atoms with Crippen molar-refractivity contribution in [1.29, 1.82) is 0 Å². The van der Waals surface area contributed by atoms with Crippen molar-refractivity contribution < 1.29 is 19.1 Å². The first-order valence-corrected chi connectivity index (χ1v) is 8.60. The minimum Gasteiger partial charge on any atom is -0.396 e. The highest BCUT2D eigenvalue weighted by Gasteiger charge is 2.27. The Morgan fingerprint density at radius 2 is 1.96 bits per heavy atom. The molecule has 0 fully saturated rings. The van der Waals surface area contributed by atoms with Gasteiger partial charge in [0.1, 0.15) is 11.4 Å². The monoisotopic (exact) mass is 373 g/mol. The molecule has 2 aromatic rings. The molecule has 0 atom stereocenters. The number of rotatable bonds is 4. The van der Waals surface area contributed by atoms with Crippen LogP contribution < -0.4 is 10.9 Å². The quantitative estimate of drug-likeness (QED) is 0.821. The molecule has 1 aliphatic heterocycles. The number of carbonyl (C=O) groups excluding carboxylic acids is 2. The molecule has 0 saturated heterocycles. The van der Waals surface area contributed by atoms with Gasteiger partial charge in [-0.25, -0.2) is 4.39 Å². The first kappa shape index (κ1) is 18.8. The van der Waals surface area contributed by atoms with Crippen molar-refractivity contribution in [1.82, 2.24) is 14.8 Å². The first-order valence-electron chi connectivity index (χ1n) is 8.60. The molecular weight excluding hydrogens is 353 g/mol. The number of benzene rings is 1. The molecule has 0 radical (unpaired) electrons. The summed E-state index contributed by atoms with van der Waals surface area (Å²) in [5.74, 6) is -1.12. The van der Waals surface area contributed by atoms with E-state index in [1.807, 2.05) is 0 Å². The number of aliphatic hydroxyl groups excluding tert-OH is 1. The minimum absolute atomic E-state index is 0.0231. The van der Waals surface area contributed by atoms with Gasteiger partial charge < -0.3 is 15.3 Å². The molecule has 2 heterocycles. The number of hydrogen-bond acceptors (Lipinski definition) is 4. The van der Waals surface area contributed by atoms with E-state index in [0.717, 1.165) is 0 Å². The standard InChI is InChI=1S/C19H20FN3O4/c1-21-18(26)17-15-6-8-22(16(25)7-9-24)10-12(15)11-23(19(17)27)14-4-2-13(20)3-5-14/h2-5,11,24H,6-10H2,1H3,(H,21,26). The summed E-state index contributed by atoms with van der Waals surface area (Å²) in [4.78, 5) is 39.0.